The van der Waals surface area contributed by atoms with Crippen molar-refractivity contribution in [3.8, 4) is 11.5 Å². The summed E-state index contributed by atoms with van der Waals surface area (Å²) in [5.74, 6) is -4.95. The summed E-state index contributed by atoms with van der Waals surface area (Å²) >= 11 is 0. The first-order valence-corrected chi connectivity index (χ1v) is 31.2. The molecule has 0 aliphatic carbocycles. The van der Waals surface area contributed by atoms with E-state index in [0.29, 0.717) is 19.4 Å². The predicted octanol–water partition coefficient (Wildman–Crippen LogP) is 17.0. The zero-order valence-electron chi connectivity index (χ0n) is 46.8. The van der Waals surface area contributed by atoms with Crippen LogP contribution in [0.3, 0.4) is 0 Å². The van der Waals surface area contributed by atoms with Crippen LogP contribution in [-0.4, -0.2) is 80.1 Å². The Morgan fingerprint density at radius 3 is 1.56 bits per heavy atom. The van der Waals surface area contributed by atoms with Crippen molar-refractivity contribution in [3.63, 3.8) is 0 Å². The van der Waals surface area contributed by atoms with Crippen molar-refractivity contribution < 1.29 is 55.8 Å². The van der Waals surface area contributed by atoms with Gasteiger partial charge in [0.1, 0.15) is 35.9 Å². The second-order valence-electron chi connectivity index (χ2n) is 20.7. The molecule has 1 fully saturated rings. The number of rotatable bonds is 49. The van der Waals surface area contributed by atoms with Crippen molar-refractivity contribution in [2.24, 2.45) is 0 Å². The van der Waals surface area contributed by atoms with Gasteiger partial charge in [-0.2, -0.15) is 8.78 Å². The molecule has 1 saturated heterocycles. The molecule has 0 unspecified atom stereocenters. The maximum absolute atomic E-state index is 16.0. The molecule has 2 aromatic carbocycles. The summed E-state index contributed by atoms with van der Waals surface area (Å²) in [5.41, 5.74) is 0. The van der Waals surface area contributed by atoms with Gasteiger partial charge in [0.15, 0.2) is 6.29 Å². The van der Waals surface area contributed by atoms with E-state index in [0.717, 1.165) is 64.2 Å². The lowest BCUT2D eigenvalue weighted by molar-refractivity contribution is -0.272. The number of carbonyl (C=O) groups excluding carboxylic acids is 1. The highest BCUT2D eigenvalue weighted by atomic mass is 31.2. The fourth-order valence-electron chi connectivity index (χ4n) is 9.64. The molecule has 1 amide bonds. The van der Waals surface area contributed by atoms with Gasteiger partial charge in [0.05, 0.1) is 19.3 Å². The molecule has 14 heteroatoms. The Balaban J connectivity index is 1.88. The first-order valence-electron chi connectivity index (χ1n) is 29.8. The Morgan fingerprint density at radius 1 is 0.640 bits per heavy atom. The van der Waals surface area contributed by atoms with Crippen molar-refractivity contribution in [1.29, 1.82) is 0 Å². The van der Waals surface area contributed by atoms with Gasteiger partial charge in [0, 0.05) is 19.6 Å². The number of amides is 1. The van der Waals surface area contributed by atoms with E-state index in [1.54, 1.807) is 60.7 Å². The van der Waals surface area contributed by atoms with Crippen LogP contribution in [0.4, 0.5) is 8.78 Å². The van der Waals surface area contributed by atoms with E-state index < -0.39 is 63.3 Å². The number of para-hydroxylation sites is 2. The molecular formula is C61H102F2NO10P. The number of aliphatic hydroxyl groups excluding tert-OH is 1. The zero-order chi connectivity index (χ0) is 54.1. The topological polar surface area (TPSA) is 131 Å². The summed E-state index contributed by atoms with van der Waals surface area (Å²) in [6.45, 7) is 10.3. The Kier molecular flexibility index (Phi) is 37.3. The Hall–Kier alpha value is -2.90. The number of alkyl halides is 2. The smallest absolute Gasteiger partial charge is 0.395 e. The van der Waals surface area contributed by atoms with Crippen molar-refractivity contribution in [3.05, 3.63) is 73.3 Å². The Morgan fingerprint density at radius 2 is 1.09 bits per heavy atom. The third kappa shape index (κ3) is 29.6. The minimum absolute atomic E-state index is 0.0434. The molecule has 2 N–H and O–H groups in total. The number of hydrogen-bond donors (Lipinski definition) is 2. The number of halogens is 2. The summed E-state index contributed by atoms with van der Waals surface area (Å²) in [6, 6.07) is 15.2. The molecule has 0 bridgehead atoms. The summed E-state index contributed by atoms with van der Waals surface area (Å²) in [5, 5.41) is 13.5. The number of aliphatic hydroxyl groups is 1. The monoisotopic (exact) mass is 1080 g/mol. The van der Waals surface area contributed by atoms with E-state index >= 15 is 13.3 Å². The first kappa shape index (κ1) is 66.4. The number of carbonyl (C=O) groups is 1. The molecule has 0 radical (unpaired) electrons. The number of ether oxygens (including phenoxy) is 4. The third-order valence-electron chi connectivity index (χ3n) is 14.1. The summed E-state index contributed by atoms with van der Waals surface area (Å²) in [4.78, 5) is 13.9. The van der Waals surface area contributed by atoms with E-state index in [9.17, 15) is 9.90 Å². The van der Waals surface area contributed by atoms with Gasteiger partial charge in [-0.25, -0.2) is 4.57 Å². The number of benzene rings is 2. The van der Waals surface area contributed by atoms with Gasteiger partial charge in [-0.3, -0.25) is 9.32 Å². The van der Waals surface area contributed by atoms with E-state index in [2.05, 4.69) is 32.7 Å². The normalized spacial score (nSPS) is 18.5. The van der Waals surface area contributed by atoms with Crippen LogP contribution in [0.1, 0.15) is 226 Å². The van der Waals surface area contributed by atoms with Crippen LogP contribution in [0.5, 0.6) is 11.5 Å². The first-order chi connectivity index (χ1) is 36.6. The molecule has 1 aliphatic heterocycles. The second kappa shape index (κ2) is 42.1. The van der Waals surface area contributed by atoms with Crippen molar-refractivity contribution in [2.75, 3.05) is 26.4 Å². The average Bonchev–Trinajstić information content (AvgIpc) is 3.40. The molecule has 430 valence electrons. The lowest BCUT2D eigenvalue weighted by Crippen LogP contribution is -2.67. The molecule has 0 spiro atoms. The van der Waals surface area contributed by atoms with Gasteiger partial charge >= 0.3 is 13.7 Å². The van der Waals surface area contributed by atoms with Crippen molar-refractivity contribution in [2.45, 2.75) is 269 Å². The van der Waals surface area contributed by atoms with Gasteiger partial charge in [0.2, 0.25) is 0 Å². The molecule has 1 heterocycles. The molecule has 11 nitrogen and oxygen atoms in total. The number of hydrogen-bond acceptors (Lipinski definition) is 10. The number of nitrogens with one attached hydrogen (secondary N) is 1. The van der Waals surface area contributed by atoms with Crippen LogP contribution in [0, 0.1) is 0 Å². The molecule has 3 rings (SSSR count). The highest BCUT2D eigenvalue weighted by Gasteiger charge is 2.54. The van der Waals surface area contributed by atoms with Crippen LogP contribution in [0.2, 0.25) is 0 Å². The van der Waals surface area contributed by atoms with Crippen LogP contribution >= 0.6 is 7.82 Å². The van der Waals surface area contributed by atoms with Crippen molar-refractivity contribution in [1.82, 2.24) is 5.32 Å². The van der Waals surface area contributed by atoms with E-state index in [4.69, 9.17) is 32.5 Å². The molecule has 1 aliphatic rings. The van der Waals surface area contributed by atoms with Crippen molar-refractivity contribution >= 4 is 13.7 Å². The molecule has 0 saturated carbocycles. The zero-order valence-corrected chi connectivity index (χ0v) is 47.7. The standard InChI is InChI=1S/C61H102F2NO10P/c1-5-9-12-15-18-21-24-27-30-39-47-61(62,63)60(66)64-56-58(69-50-46-52(41-34-29-26-23-20-17-14-11-7-3)68-49-40-31-28-25-22-19-16-13-10-6-2)57(55(51-65)71-59(56)70-48-8-4)74-75(67,72-53-42-35-32-36-43-53)73-54-44-37-33-38-45-54/h8,32-33,35-38,42-45,52,55-59,65H,4-7,9-31,34,39-41,46-51H2,1-3H3,(H,64,66)/t52-,55-,56-,57-,58-,59+/m1/s1. The number of phosphoric ester groups is 1. The Bertz CT molecular complexity index is 1680. The largest absolute Gasteiger partial charge is 0.588 e. The van der Waals surface area contributed by atoms with Gasteiger partial charge in [-0.1, -0.05) is 237 Å². The number of unbranched alkanes of at least 4 members (excludes halogenated alkanes) is 26. The van der Waals surface area contributed by atoms with Crippen LogP contribution in [0.15, 0.2) is 73.3 Å². The summed E-state index contributed by atoms with van der Waals surface area (Å²) in [7, 11) is -4.72. The lowest BCUT2D eigenvalue weighted by Gasteiger charge is -2.46. The molecular weight excluding hydrogens is 976 g/mol. The van der Waals surface area contributed by atoms with Crippen LogP contribution in [0.25, 0.3) is 0 Å². The van der Waals surface area contributed by atoms with Gasteiger partial charge in [-0.15, -0.1) is 6.58 Å². The van der Waals surface area contributed by atoms with Gasteiger partial charge < -0.3 is 38.4 Å². The lowest BCUT2D eigenvalue weighted by atomic mass is 9.95. The summed E-state index contributed by atoms with van der Waals surface area (Å²) < 4.78 is 91.0. The highest BCUT2D eigenvalue weighted by Crippen LogP contribution is 2.52. The van der Waals surface area contributed by atoms with E-state index in [1.165, 1.54) is 122 Å². The minimum atomic E-state index is -4.72. The maximum Gasteiger partial charge on any atom is 0.588 e. The highest BCUT2D eigenvalue weighted by molar-refractivity contribution is 7.49. The maximum atomic E-state index is 16.0. The fraction of sp³-hybridized carbons (Fsp3) is 0.754. The average molecular weight is 1080 g/mol. The fourth-order valence-corrected chi connectivity index (χ4v) is 11.1. The van der Waals surface area contributed by atoms with Crippen LogP contribution < -0.4 is 14.4 Å². The Labute approximate surface area is 453 Å². The van der Waals surface area contributed by atoms with E-state index in [1.807, 2.05) is 0 Å². The molecule has 6 atom stereocenters. The molecule has 2 aromatic rings. The third-order valence-corrected chi connectivity index (χ3v) is 15.5. The number of phosphoric acid groups is 1. The van der Waals surface area contributed by atoms with Crippen LogP contribution in [-0.2, 0) is 32.8 Å². The minimum Gasteiger partial charge on any atom is -0.395 e. The van der Waals surface area contributed by atoms with E-state index in [-0.39, 0.29) is 37.2 Å². The molecule has 0 aromatic heterocycles. The van der Waals surface area contributed by atoms with Gasteiger partial charge in [-0.05, 0) is 49.9 Å². The quantitative estimate of drug-likeness (QED) is 0.0375. The SMILES string of the molecule is C=CCO[C@H]1O[C@H](CO)[C@@H](OP(=O)(Oc2ccccc2)Oc2ccccc2)[C@H](OCC[C@@H](CCCCCCCCCCC)OCCCCCCCCCCCC)[C@H]1NC(=O)C(F)(F)CCCCCCCCCCCC. The predicted molar refractivity (Wildman–Crippen MR) is 300 cm³/mol. The van der Waals surface area contributed by atoms with Gasteiger partial charge in [0.25, 0.3) is 5.91 Å². The molecule has 75 heavy (non-hydrogen) atoms. The second-order valence-corrected chi connectivity index (χ2v) is 22.2. The summed E-state index contributed by atoms with van der Waals surface area (Å²) in [6.07, 6.45) is 28.8.